The maximum Gasteiger partial charge on any atom is 0.573 e. The summed E-state index contributed by atoms with van der Waals surface area (Å²) in [6.45, 7) is 9.26. The molecule has 0 radical (unpaired) electrons. The molecular formula is C22H26F4N4O4. The first-order valence-electron chi connectivity index (χ1n) is 10.5. The molecular weight excluding hydrogens is 460 g/mol. The second kappa shape index (κ2) is 9.61. The van der Waals surface area contributed by atoms with E-state index in [4.69, 9.17) is 9.47 Å². The smallest absolute Gasteiger partial charge is 0.447 e. The van der Waals surface area contributed by atoms with Crippen molar-refractivity contribution in [3.8, 4) is 5.75 Å². The molecule has 2 aromatic rings. The molecule has 2 heterocycles. The molecule has 0 spiro atoms. The molecule has 0 aliphatic carbocycles. The Hall–Kier alpha value is -3.15. The second-order valence-electron chi connectivity index (χ2n) is 8.79. The van der Waals surface area contributed by atoms with Crippen LogP contribution >= 0.6 is 0 Å². The number of benzene rings is 1. The zero-order valence-electron chi connectivity index (χ0n) is 19.3. The van der Waals surface area contributed by atoms with E-state index >= 15 is 0 Å². The molecule has 12 heteroatoms. The van der Waals surface area contributed by atoms with Gasteiger partial charge in [-0.25, -0.2) is 14.2 Å². The van der Waals surface area contributed by atoms with Crippen LogP contribution in [0.5, 0.6) is 5.75 Å². The average Bonchev–Trinajstić information content (AvgIpc) is 3.07. The standard InChI is InChI=1S/C22H26F4N4O4/c1-12(15-7-6-14(10-16(15)23)34-22(24,25)26)28-19-27-9-8-18(29-19)30-17(11-32-20(30)31)13(2)33-21(3,4)5/h6-10,12-13,17H,11H2,1-5H3,(H,27,28,29)/t12-,13+,17+/m0/s1. The summed E-state index contributed by atoms with van der Waals surface area (Å²) in [4.78, 5) is 22.2. The van der Waals surface area contributed by atoms with Crippen molar-refractivity contribution in [2.24, 2.45) is 0 Å². The van der Waals surface area contributed by atoms with E-state index in [1.54, 1.807) is 6.92 Å². The number of halogens is 4. The number of alkyl halides is 3. The lowest BCUT2D eigenvalue weighted by Crippen LogP contribution is -2.45. The van der Waals surface area contributed by atoms with Crippen LogP contribution in [0.2, 0.25) is 0 Å². The number of anilines is 2. The minimum absolute atomic E-state index is 0.0779. The van der Waals surface area contributed by atoms with Gasteiger partial charge in [0.1, 0.15) is 30.0 Å². The number of aromatic nitrogens is 2. The van der Waals surface area contributed by atoms with Gasteiger partial charge >= 0.3 is 12.5 Å². The zero-order valence-corrected chi connectivity index (χ0v) is 19.3. The van der Waals surface area contributed by atoms with Gasteiger partial charge in [-0.2, -0.15) is 4.98 Å². The Kier molecular flexibility index (Phi) is 7.20. The second-order valence-corrected chi connectivity index (χ2v) is 8.79. The summed E-state index contributed by atoms with van der Waals surface area (Å²) in [7, 11) is 0. The Bertz CT molecular complexity index is 1030. The van der Waals surface area contributed by atoms with Crippen LogP contribution < -0.4 is 15.0 Å². The van der Waals surface area contributed by atoms with Gasteiger partial charge in [0.15, 0.2) is 0 Å². The average molecular weight is 486 g/mol. The maximum absolute atomic E-state index is 14.4. The van der Waals surface area contributed by atoms with Crippen LogP contribution in [0.4, 0.5) is 34.1 Å². The van der Waals surface area contributed by atoms with E-state index in [-0.39, 0.29) is 30.0 Å². The summed E-state index contributed by atoms with van der Waals surface area (Å²) in [5, 5.41) is 2.89. The lowest BCUT2D eigenvalue weighted by molar-refractivity contribution is -0.274. The maximum atomic E-state index is 14.4. The predicted octanol–water partition coefficient (Wildman–Crippen LogP) is 5.22. The molecule has 1 N–H and O–H groups in total. The fourth-order valence-corrected chi connectivity index (χ4v) is 3.56. The van der Waals surface area contributed by atoms with E-state index in [1.807, 2.05) is 27.7 Å². The first-order chi connectivity index (χ1) is 15.7. The van der Waals surface area contributed by atoms with Gasteiger partial charge < -0.3 is 19.5 Å². The van der Waals surface area contributed by atoms with Gasteiger partial charge in [0.25, 0.3) is 0 Å². The lowest BCUT2D eigenvalue weighted by atomic mass is 10.1. The molecule has 1 aliphatic rings. The molecule has 8 nitrogen and oxygen atoms in total. The summed E-state index contributed by atoms with van der Waals surface area (Å²) in [6, 6.07) is 3.24. The number of hydrogen-bond acceptors (Lipinski definition) is 7. The molecule has 34 heavy (non-hydrogen) atoms. The monoisotopic (exact) mass is 486 g/mol. The SMILES string of the molecule is C[C@H](Nc1nccc(N2C(=O)OC[C@@H]2[C@@H](C)OC(C)(C)C)n1)c1ccc(OC(F)(F)F)cc1F. The highest BCUT2D eigenvalue weighted by Gasteiger charge is 2.40. The summed E-state index contributed by atoms with van der Waals surface area (Å²) in [5.74, 6) is -1.21. The molecule has 1 saturated heterocycles. The Balaban J connectivity index is 1.77. The molecule has 1 aromatic heterocycles. The van der Waals surface area contributed by atoms with Crippen molar-refractivity contribution < 1.29 is 36.6 Å². The summed E-state index contributed by atoms with van der Waals surface area (Å²) >= 11 is 0. The summed E-state index contributed by atoms with van der Waals surface area (Å²) < 4.78 is 66.4. The van der Waals surface area contributed by atoms with Crippen LogP contribution in [-0.4, -0.2) is 46.8 Å². The van der Waals surface area contributed by atoms with E-state index in [0.717, 1.165) is 6.07 Å². The molecule has 1 fully saturated rings. The van der Waals surface area contributed by atoms with E-state index < -0.39 is 41.7 Å². The highest BCUT2D eigenvalue weighted by atomic mass is 19.4. The molecule has 1 aromatic carbocycles. The van der Waals surface area contributed by atoms with Crippen molar-refractivity contribution in [1.29, 1.82) is 0 Å². The lowest BCUT2D eigenvalue weighted by Gasteiger charge is -2.31. The van der Waals surface area contributed by atoms with Crippen molar-refractivity contribution in [3.63, 3.8) is 0 Å². The van der Waals surface area contributed by atoms with Gasteiger partial charge in [0.05, 0.1) is 17.7 Å². The Morgan fingerprint density at radius 2 is 1.91 bits per heavy atom. The minimum Gasteiger partial charge on any atom is -0.447 e. The Morgan fingerprint density at radius 1 is 1.21 bits per heavy atom. The quantitative estimate of drug-likeness (QED) is 0.538. The first kappa shape index (κ1) is 25.5. The van der Waals surface area contributed by atoms with Crippen molar-refractivity contribution in [3.05, 3.63) is 41.8 Å². The molecule has 1 aliphatic heterocycles. The first-order valence-corrected chi connectivity index (χ1v) is 10.5. The van der Waals surface area contributed by atoms with Crippen LogP contribution in [0, 0.1) is 5.82 Å². The molecule has 1 amide bonds. The highest BCUT2D eigenvalue weighted by molar-refractivity contribution is 5.89. The van der Waals surface area contributed by atoms with Gasteiger partial charge in [-0.3, -0.25) is 4.90 Å². The largest absolute Gasteiger partial charge is 0.573 e. The van der Waals surface area contributed by atoms with E-state index in [0.29, 0.717) is 6.07 Å². The van der Waals surface area contributed by atoms with E-state index in [1.165, 1.54) is 23.2 Å². The van der Waals surface area contributed by atoms with Crippen molar-refractivity contribution in [2.75, 3.05) is 16.8 Å². The van der Waals surface area contributed by atoms with Crippen molar-refractivity contribution in [2.45, 2.75) is 64.8 Å². The number of cyclic esters (lactones) is 1. The number of hydrogen-bond donors (Lipinski definition) is 1. The third kappa shape index (κ3) is 6.46. The molecule has 186 valence electrons. The number of rotatable bonds is 7. The van der Waals surface area contributed by atoms with Crippen molar-refractivity contribution >= 4 is 17.9 Å². The van der Waals surface area contributed by atoms with Gasteiger partial charge in [-0.1, -0.05) is 6.07 Å². The third-order valence-corrected chi connectivity index (χ3v) is 4.89. The summed E-state index contributed by atoms with van der Waals surface area (Å²) in [5.41, 5.74) is -0.357. The van der Waals surface area contributed by atoms with Crippen LogP contribution in [0.3, 0.4) is 0 Å². The number of nitrogens with zero attached hydrogens (tertiary/aromatic N) is 3. The van der Waals surface area contributed by atoms with Crippen LogP contribution in [0.1, 0.15) is 46.2 Å². The Morgan fingerprint density at radius 3 is 2.53 bits per heavy atom. The molecule has 3 rings (SSSR count). The number of nitrogens with one attached hydrogen (secondary N) is 1. The normalized spacial score (nSPS) is 18.4. The summed E-state index contributed by atoms with van der Waals surface area (Å²) in [6.07, 6.45) is -4.44. The zero-order chi connectivity index (χ0) is 25.3. The van der Waals surface area contributed by atoms with E-state index in [2.05, 4.69) is 20.0 Å². The van der Waals surface area contributed by atoms with Crippen molar-refractivity contribution in [1.82, 2.24) is 9.97 Å². The number of carbonyl (C=O) groups excluding carboxylic acids is 1. The van der Waals surface area contributed by atoms with Gasteiger partial charge in [0.2, 0.25) is 5.95 Å². The topological polar surface area (TPSA) is 85.8 Å². The van der Waals surface area contributed by atoms with E-state index in [9.17, 15) is 22.4 Å². The molecule has 0 bridgehead atoms. The highest BCUT2D eigenvalue weighted by Crippen LogP contribution is 2.29. The van der Waals surface area contributed by atoms with Crippen LogP contribution in [0.15, 0.2) is 30.5 Å². The molecule has 0 unspecified atom stereocenters. The number of carbonyl (C=O) groups is 1. The predicted molar refractivity (Wildman–Crippen MR) is 115 cm³/mol. The molecule has 3 atom stereocenters. The minimum atomic E-state index is -4.92. The van der Waals surface area contributed by atoms with Gasteiger partial charge in [-0.05, 0) is 46.8 Å². The number of ether oxygens (including phenoxy) is 3. The fraction of sp³-hybridized carbons (Fsp3) is 0.500. The van der Waals surface area contributed by atoms with Gasteiger partial charge in [-0.15, -0.1) is 13.2 Å². The van der Waals surface area contributed by atoms with Gasteiger partial charge in [0, 0.05) is 17.8 Å². The fourth-order valence-electron chi connectivity index (χ4n) is 3.56. The van der Waals surface area contributed by atoms with Crippen LogP contribution in [0.25, 0.3) is 0 Å². The third-order valence-electron chi connectivity index (χ3n) is 4.89. The van der Waals surface area contributed by atoms with Crippen LogP contribution in [-0.2, 0) is 9.47 Å². The Labute approximate surface area is 194 Å². The number of amides is 1. The molecule has 0 saturated carbocycles.